The van der Waals surface area contributed by atoms with Crippen molar-refractivity contribution in [1.82, 2.24) is 0 Å². The number of hydrogen-bond donors (Lipinski definition) is 2. The number of hydrogen-bond acceptors (Lipinski definition) is 10. The molecule has 0 saturated carbocycles. The molecular formula is C50H72O10. The van der Waals surface area contributed by atoms with Gasteiger partial charge in [0.2, 0.25) is 12.6 Å². The van der Waals surface area contributed by atoms with Crippen LogP contribution in [0.5, 0.6) is 0 Å². The highest BCUT2D eigenvalue weighted by atomic mass is 16.6. The second kappa shape index (κ2) is 29.1. The lowest BCUT2D eigenvalue weighted by molar-refractivity contribution is -0.155. The van der Waals surface area contributed by atoms with Crippen LogP contribution in [0.4, 0.5) is 0 Å². The molecule has 0 aliphatic carbocycles. The maximum absolute atomic E-state index is 12.4. The summed E-state index contributed by atoms with van der Waals surface area (Å²) in [7, 11) is 0. The Morgan fingerprint density at radius 1 is 0.533 bits per heavy atom. The first-order chi connectivity index (χ1) is 29.1. The normalized spacial score (nSPS) is 17.2. The number of esters is 4. The van der Waals surface area contributed by atoms with Crippen molar-refractivity contribution in [1.29, 1.82) is 0 Å². The van der Waals surface area contributed by atoms with E-state index in [9.17, 15) is 29.4 Å². The monoisotopic (exact) mass is 833 g/mol. The molecule has 0 amide bonds. The number of unbranched alkanes of at least 4 members (excludes halogenated alkanes) is 18. The molecule has 0 bridgehead atoms. The van der Waals surface area contributed by atoms with Crippen LogP contribution in [0.1, 0.15) is 180 Å². The largest absolute Gasteiger partial charge is 0.458 e. The minimum Gasteiger partial charge on any atom is -0.458 e. The van der Waals surface area contributed by atoms with E-state index < -0.39 is 48.7 Å². The summed E-state index contributed by atoms with van der Waals surface area (Å²) in [6, 6.07) is 18.2. The van der Waals surface area contributed by atoms with Gasteiger partial charge in [0.1, 0.15) is 12.2 Å². The molecule has 0 saturated heterocycles. The summed E-state index contributed by atoms with van der Waals surface area (Å²) in [6.07, 6.45) is 21.2. The number of carbonyl (C=O) groups is 4. The van der Waals surface area contributed by atoms with Gasteiger partial charge in [0, 0.05) is 19.4 Å². The van der Waals surface area contributed by atoms with Crippen molar-refractivity contribution >= 4 is 35.0 Å². The average Bonchev–Trinajstić information content (AvgIpc) is 3.70. The van der Waals surface area contributed by atoms with Gasteiger partial charge in [0.25, 0.3) is 0 Å². The molecule has 332 valence electrons. The number of benzene rings is 2. The fraction of sp³-hybridized carbons (Fsp3) is 0.600. The molecule has 4 rings (SSSR count). The lowest BCUT2D eigenvalue weighted by atomic mass is 9.94. The third-order valence-electron chi connectivity index (χ3n) is 11.0. The van der Waals surface area contributed by atoms with E-state index >= 15 is 0 Å². The highest BCUT2D eigenvalue weighted by molar-refractivity contribution is 6.19. The second-order valence-corrected chi connectivity index (χ2v) is 16.0. The van der Waals surface area contributed by atoms with Gasteiger partial charge >= 0.3 is 23.9 Å². The van der Waals surface area contributed by atoms with Gasteiger partial charge in [0.05, 0.1) is 16.7 Å². The second-order valence-electron chi connectivity index (χ2n) is 16.0. The summed E-state index contributed by atoms with van der Waals surface area (Å²) in [5.41, 5.74) is 2.69. The van der Waals surface area contributed by atoms with Crippen molar-refractivity contribution < 1.29 is 48.3 Å². The molecule has 2 heterocycles. The van der Waals surface area contributed by atoms with E-state index in [4.69, 9.17) is 18.9 Å². The molecule has 0 spiro atoms. The predicted molar refractivity (Wildman–Crippen MR) is 235 cm³/mol. The summed E-state index contributed by atoms with van der Waals surface area (Å²) in [5.74, 6) is -2.07. The molecule has 60 heavy (non-hydrogen) atoms. The van der Waals surface area contributed by atoms with Crippen molar-refractivity contribution in [3.8, 4) is 0 Å². The molecule has 4 unspecified atom stereocenters. The van der Waals surface area contributed by atoms with Gasteiger partial charge in [-0.2, -0.15) is 0 Å². The highest BCUT2D eigenvalue weighted by Gasteiger charge is 2.40. The van der Waals surface area contributed by atoms with Crippen molar-refractivity contribution in [2.45, 2.75) is 194 Å². The van der Waals surface area contributed by atoms with Gasteiger partial charge in [0.15, 0.2) is 0 Å². The molecule has 2 aliphatic rings. The molecule has 0 radical (unpaired) electrons. The molecule has 2 aromatic carbocycles. The fourth-order valence-electron chi connectivity index (χ4n) is 7.94. The summed E-state index contributed by atoms with van der Waals surface area (Å²) < 4.78 is 21.1. The SMILES string of the molecule is CCCCCCCCCCCCC(OC(C)=O)C1=C(c2ccccc2)C(=O)OC1O.CCCCCCCCCCCCC(OC(C)=O)C1=C(c2ccccc2)C(O)OC1=O. The number of rotatable bonds is 28. The van der Waals surface area contributed by atoms with Crippen LogP contribution in [0.3, 0.4) is 0 Å². The summed E-state index contributed by atoms with van der Waals surface area (Å²) in [4.78, 5) is 48.1. The number of aliphatic hydroxyl groups is 2. The third kappa shape index (κ3) is 17.7. The Labute approximate surface area is 359 Å². The lowest BCUT2D eigenvalue weighted by Crippen LogP contribution is -2.25. The van der Waals surface area contributed by atoms with Gasteiger partial charge in [-0.05, 0) is 36.8 Å². The van der Waals surface area contributed by atoms with Crippen molar-refractivity contribution in [2.24, 2.45) is 0 Å². The van der Waals surface area contributed by atoms with E-state index in [0.29, 0.717) is 40.7 Å². The van der Waals surface area contributed by atoms with Crippen LogP contribution in [-0.4, -0.2) is 58.9 Å². The Bertz CT molecular complexity index is 1630. The Kier molecular flexibility index (Phi) is 24.3. The lowest BCUT2D eigenvalue weighted by Gasteiger charge is -2.20. The van der Waals surface area contributed by atoms with Crippen molar-refractivity contribution in [2.75, 3.05) is 0 Å². The molecule has 0 aromatic heterocycles. The Balaban J connectivity index is 0.000000320. The molecule has 2 aliphatic heterocycles. The van der Waals surface area contributed by atoms with Crippen molar-refractivity contribution in [3.63, 3.8) is 0 Å². The molecule has 10 heteroatoms. The zero-order valence-electron chi connectivity index (χ0n) is 36.8. The highest BCUT2D eigenvalue weighted by Crippen LogP contribution is 2.36. The minimum absolute atomic E-state index is 0.264. The molecule has 4 atom stereocenters. The molecule has 0 fully saturated rings. The topological polar surface area (TPSA) is 146 Å². The standard InChI is InChI=1S/2C25H36O5/c2*1-3-4-5-6-7-8-9-10-11-15-18-21(29-19(2)26)23-22(24(27)30-25(23)28)20-16-13-12-14-17-20/h12-14,16-17,21,25,28H,3-11,15,18H2,1-2H3;12-14,16-17,21,24,27H,3-11,15,18H2,1-2H3. The van der Waals surface area contributed by atoms with E-state index in [1.165, 1.54) is 104 Å². The van der Waals surface area contributed by atoms with Crippen LogP contribution in [0.25, 0.3) is 11.1 Å². The first kappa shape index (κ1) is 50.1. The number of carbonyl (C=O) groups excluding carboxylic acids is 4. The smallest absolute Gasteiger partial charge is 0.341 e. The summed E-state index contributed by atoms with van der Waals surface area (Å²) in [5, 5.41) is 20.6. The quantitative estimate of drug-likeness (QED) is 0.0482. The van der Waals surface area contributed by atoms with E-state index in [0.717, 1.165) is 38.5 Å². The van der Waals surface area contributed by atoms with Crippen LogP contribution in [0.15, 0.2) is 71.8 Å². The molecule has 2 aromatic rings. The van der Waals surface area contributed by atoms with Crippen LogP contribution in [0.2, 0.25) is 0 Å². The minimum atomic E-state index is -1.37. The summed E-state index contributed by atoms with van der Waals surface area (Å²) in [6.45, 7) is 7.14. The van der Waals surface area contributed by atoms with Gasteiger partial charge < -0.3 is 29.2 Å². The van der Waals surface area contributed by atoms with Gasteiger partial charge in [-0.3, -0.25) is 9.59 Å². The third-order valence-corrected chi connectivity index (χ3v) is 11.0. The van der Waals surface area contributed by atoms with Crippen LogP contribution in [0, 0.1) is 0 Å². The van der Waals surface area contributed by atoms with Gasteiger partial charge in [-0.15, -0.1) is 0 Å². The summed E-state index contributed by atoms with van der Waals surface area (Å²) >= 11 is 0. The van der Waals surface area contributed by atoms with Crippen LogP contribution >= 0.6 is 0 Å². The predicted octanol–water partition coefficient (Wildman–Crippen LogP) is 11.1. The number of ether oxygens (including phenoxy) is 4. The average molecular weight is 833 g/mol. The Morgan fingerprint density at radius 3 is 1.37 bits per heavy atom. The number of cyclic esters (lactones) is 2. The fourth-order valence-corrected chi connectivity index (χ4v) is 7.94. The Morgan fingerprint density at radius 2 is 0.917 bits per heavy atom. The van der Waals surface area contributed by atoms with Crippen LogP contribution in [-0.2, 0) is 38.1 Å². The van der Waals surface area contributed by atoms with Crippen molar-refractivity contribution in [3.05, 3.63) is 82.9 Å². The molecule has 10 nitrogen and oxygen atoms in total. The number of aliphatic hydroxyl groups excluding tert-OH is 2. The van der Waals surface area contributed by atoms with Gasteiger partial charge in [-0.1, -0.05) is 190 Å². The van der Waals surface area contributed by atoms with E-state index in [-0.39, 0.29) is 5.57 Å². The zero-order chi connectivity index (χ0) is 43.5. The zero-order valence-corrected chi connectivity index (χ0v) is 36.8. The molecule has 2 N–H and O–H groups in total. The first-order valence-corrected chi connectivity index (χ1v) is 22.8. The Hall–Kier alpha value is -4.28. The maximum Gasteiger partial charge on any atom is 0.341 e. The van der Waals surface area contributed by atoms with Gasteiger partial charge in [-0.25, -0.2) is 9.59 Å². The van der Waals surface area contributed by atoms with E-state index in [2.05, 4.69) is 13.8 Å². The molecular weight excluding hydrogens is 761 g/mol. The van der Waals surface area contributed by atoms with Crippen LogP contribution < -0.4 is 0 Å². The van der Waals surface area contributed by atoms with E-state index in [1.54, 1.807) is 12.1 Å². The maximum atomic E-state index is 12.4. The first-order valence-electron chi connectivity index (χ1n) is 22.8. The van der Waals surface area contributed by atoms with E-state index in [1.807, 2.05) is 48.5 Å².